The number of nitrogens with one attached hydrogen (secondary N) is 1. The van der Waals surface area contributed by atoms with Gasteiger partial charge in [0.25, 0.3) is 0 Å². The number of carboxylic acid groups (broad SMARTS) is 1. The Bertz CT molecular complexity index is 396. The van der Waals surface area contributed by atoms with Gasteiger partial charge in [0.2, 0.25) is 5.91 Å². The van der Waals surface area contributed by atoms with Crippen LogP contribution < -0.4 is 5.32 Å². The Kier molecular flexibility index (Phi) is 3.62. The van der Waals surface area contributed by atoms with Crippen molar-refractivity contribution < 1.29 is 14.7 Å². The van der Waals surface area contributed by atoms with Crippen LogP contribution >= 0.6 is 0 Å². The number of carbonyl (C=O) groups is 2. The van der Waals surface area contributed by atoms with E-state index in [9.17, 15) is 9.59 Å². The number of aliphatic carboxylic acids is 1. The summed E-state index contributed by atoms with van der Waals surface area (Å²) in [5.74, 6) is -1.54. The molecule has 0 fully saturated rings. The molecular formula is C11H11NO3. The molecule has 0 saturated carbocycles. The lowest BCUT2D eigenvalue weighted by Gasteiger charge is -2.01. The summed E-state index contributed by atoms with van der Waals surface area (Å²) in [5.41, 5.74) is 0.639. The predicted molar refractivity (Wildman–Crippen MR) is 56.5 cm³/mol. The fourth-order valence-electron chi connectivity index (χ4n) is 0.958. The predicted octanol–water partition coefficient (Wildman–Crippen LogP) is 1.66. The van der Waals surface area contributed by atoms with Crippen LogP contribution in [0, 0.1) is 0 Å². The standard InChI is InChI=1S/C11H11NO3/c1-8(11(14)15)7-10(13)12-9-5-3-2-4-6-9/h2-7H,1H3,(H,12,13)(H,14,15). The topological polar surface area (TPSA) is 66.4 Å². The summed E-state index contributed by atoms with van der Waals surface area (Å²) in [7, 11) is 0. The molecule has 0 heterocycles. The molecule has 0 unspecified atom stereocenters. The number of amides is 1. The third kappa shape index (κ3) is 3.64. The molecule has 0 aliphatic heterocycles. The van der Waals surface area contributed by atoms with E-state index < -0.39 is 11.9 Å². The van der Waals surface area contributed by atoms with E-state index >= 15 is 0 Å². The van der Waals surface area contributed by atoms with Crippen LogP contribution in [0.2, 0.25) is 0 Å². The van der Waals surface area contributed by atoms with Gasteiger partial charge in [-0.15, -0.1) is 0 Å². The van der Waals surface area contributed by atoms with Crippen LogP contribution in [-0.4, -0.2) is 17.0 Å². The molecule has 4 nitrogen and oxygen atoms in total. The van der Waals surface area contributed by atoms with Gasteiger partial charge in [-0.1, -0.05) is 18.2 Å². The van der Waals surface area contributed by atoms with Crippen molar-refractivity contribution in [2.45, 2.75) is 6.92 Å². The minimum absolute atomic E-state index is 0.00318. The van der Waals surface area contributed by atoms with Crippen molar-refractivity contribution in [1.82, 2.24) is 0 Å². The first-order chi connectivity index (χ1) is 7.09. The molecule has 0 spiro atoms. The Morgan fingerprint density at radius 1 is 1.27 bits per heavy atom. The Morgan fingerprint density at radius 3 is 2.40 bits per heavy atom. The van der Waals surface area contributed by atoms with Gasteiger partial charge in [0.1, 0.15) is 0 Å². The smallest absolute Gasteiger partial charge is 0.331 e. The second-order valence-corrected chi connectivity index (χ2v) is 2.99. The molecule has 2 N–H and O–H groups in total. The summed E-state index contributed by atoms with van der Waals surface area (Å²) in [6.45, 7) is 1.37. The van der Waals surface area contributed by atoms with Gasteiger partial charge in [0, 0.05) is 17.3 Å². The highest BCUT2D eigenvalue weighted by Gasteiger charge is 2.03. The molecule has 0 saturated heterocycles. The molecular weight excluding hydrogens is 194 g/mol. The number of hydrogen-bond donors (Lipinski definition) is 2. The second kappa shape index (κ2) is 4.95. The average molecular weight is 205 g/mol. The Hall–Kier alpha value is -2.10. The molecule has 0 aliphatic rings. The number of para-hydroxylation sites is 1. The van der Waals surface area contributed by atoms with Crippen molar-refractivity contribution in [2.75, 3.05) is 5.32 Å². The van der Waals surface area contributed by atoms with Crippen LogP contribution in [0.4, 0.5) is 5.69 Å². The summed E-state index contributed by atoms with van der Waals surface area (Å²) in [4.78, 5) is 21.7. The van der Waals surface area contributed by atoms with E-state index in [1.165, 1.54) is 6.92 Å². The van der Waals surface area contributed by atoms with E-state index in [1.807, 2.05) is 6.07 Å². The summed E-state index contributed by atoms with van der Waals surface area (Å²) < 4.78 is 0. The third-order valence-corrected chi connectivity index (χ3v) is 1.73. The van der Waals surface area contributed by atoms with E-state index in [4.69, 9.17) is 5.11 Å². The van der Waals surface area contributed by atoms with E-state index in [1.54, 1.807) is 24.3 Å². The molecule has 0 aromatic heterocycles. The number of rotatable bonds is 3. The first-order valence-corrected chi connectivity index (χ1v) is 4.37. The average Bonchev–Trinajstić information content (AvgIpc) is 2.18. The highest BCUT2D eigenvalue weighted by Crippen LogP contribution is 2.05. The van der Waals surface area contributed by atoms with Crippen molar-refractivity contribution in [3.8, 4) is 0 Å². The van der Waals surface area contributed by atoms with Crippen LogP contribution in [0.5, 0.6) is 0 Å². The first kappa shape index (κ1) is 11.0. The molecule has 1 aromatic rings. The van der Waals surface area contributed by atoms with Gasteiger partial charge >= 0.3 is 5.97 Å². The number of carbonyl (C=O) groups excluding carboxylic acids is 1. The van der Waals surface area contributed by atoms with Crippen LogP contribution in [0.1, 0.15) is 6.92 Å². The zero-order valence-corrected chi connectivity index (χ0v) is 8.23. The van der Waals surface area contributed by atoms with Crippen molar-refractivity contribution in [3.05, 3.63) is 42.0 Å². The van der Waals surface area contributed by atoms with Crippen LogP contribution in [0.15, 0.2) is 42.0 Å². The summed E-state index contributed by atoms with van der Waals surface area (Å²) in [5, 5.41) is 11.1. The lowest BCUT2D eigenvalue weighted by Crippen LogP contribution is -2.10. The van der Waals surface area contributed by atoms with E-state index in [0.717, 1.165) is 6.08 Å². The number of hydrogen-bond acceptors (Lipinski definition) is 2. The maximum absolute atomic E-state index is 11.3. The maximum atomic E-state index is 11.3. The molecule has 0 bridgehead atoms. The van der Waals surface area contributed by atoms with Crippen LogP contribution in [0.3, 0.4) is 0 Å². The highest BCUT2D eigenvalue weighted by atomic mass is 16.4. The first-order valence-electron chi connectivity index (χ1n) is 4.37. The lowest BCUT2D eigenvalue weighted by molar-refractivity contribution is -0.132. The van der Waals surface area contributed by atoms with Gasteiger partial charge in [0.05, 0.1) is 0 Å². The van der Waals surface area contributed by atoms with Crippen molar-refractivity contribution >= 4 is 17.6 Å². The van der Waals surface area contributed by atoms with Crippen molar-refractivity contribution in [3.63, 3.8) is 0 Å². The largest absolute Gasteiger partial charge is 0.478 e. The Morgan fingerprint density at radius 2 is 1.87 bits per heavy atom. The molecule has 0 radical (unpaired) electrons. The molecule has 4 heteroatoms. The van der Waals surface area contributed by atoms with Gasteiger partial charge in [0.15, 0.2) is 0 Å². The normalized spacial score (nSPS) is 10.9. The third-order valence-electron chi connectivity index (χ3n) is 1.73. The lowest BCUT2D eigenvalue weighted by atomic mass is 10.2. The second-order valence-electron chi connectivity index (χ2n) is 2.99. The molecule has 0 aliphatic carbocycles. The minimum atomic E-state index is -1.10. The fourth-order valence-corrected chi connectivity index (χ4v) is 0.958. The summed E-state index contributed by atoms with van der Waals surface area (Å²) >= 11 is 0. The van der Waals surface area contributed by atoms with Gasteiger partial charge < -0.3 is 10.4 Å². The van der Waals surface area contributed by atoms with Crippen molar-refractivity contribution in [2.24, 2.45) is 0 Å². The number of benzene rings is 1. The summed E-state index contributed by atoms with van der Waals surface area (Å²) in [6.07, 6.45) is 1.05. The molecule has 0 atom stereocenters. The maximum Gasteiger partial charge on any atom is 0.331 e. The minimum Gasteiger partial charge on any atom is -0.478 e. The van der Waals surface area contributed by atoms with Crippen LogP contribution in [-0.2, 0) is 9.59 Å². The van der Waals surface area contributed by atoms with E-state index in [-0.39, 0.29) is 5.57 Å². The molecule has 15 heavy (non-hydrogen) atoms. The molecule has 78 valence electrons. The number of carboxylic acids is 1. The van der Waals surface area contributed by atoms with E-state index in [0.29, 0.717) is 5.69 Å². The van der Waals surface area contributed by atoms with Gasteiger partial charge in [-0.05, 0) is 19.1 Å². The quantitative estimate of drug-likeness (QED) is 0.737. The Balaban J connectivity index is 2.65. The van der Waals surface area contributed by atoms with E-state index in [2.05, 4.69) is 5.32 Å². The van der Waals surface area contributed by atoms with Gasteiger partial charge in [-0.25, -0.2) is 4.79 Å². The molecule has 1 amide bonds. The Labute approximate surface area is 87.2 Å². The molecule has 1 rings (SSSR count). The van der Waals surface area contributed by atoms with Gasteiger partial charge in [-0.2, -0.15) is 0 Å². The van der Waals surface area contributed by atoms with Crippen LogP contribution in [0.25, 0.3) is 0 Å². The fraction of sp³-hybridized carbons (Fsp3) is 0.0909. The monoisotopic (exact) mass is 205 g/mol. The zero-order valence-electron chi connectivity index (χ0n) is 8.23. The highest BCUT2D eigenvalue weighted by molar-refractivity contribution is 6.04. The SMILES string of the molecule is CC(=CC(=O)Nc1ccccc1)C(=O)O. The van der Waals surface area contributed by atoms with Crippen molar-refractivity contribution in [1.29, 1.82) is 0 Å². The zero-order chi connectivity index (χ0) is 11.3. The number of anilines is 1. The van der Waals surface area contributed by atoms with Gasteiger partial charge in [-0.3, -0.25) is 4.79 Å². The molecule has 1 aromatic carbocycles. The summed E-state index contributed by atoms with van der Waals surface area (Å²) in [6, 6.07) is 8.84.